The number of carboxylic acid groups (broad SMARTS) is 1. The van der Waals surface area contributed by atoms with E-state index in [0.717, 1.165) is 12.8 Å². The topological polar surface area (TPSA) is 37.3 Å². The van der Waals surface area contributed by atoms with Gasteiger partial charge in [0.25, 0.3) is 0 Å². The molecule has 198 valence electrons. The fraction of sp³-hybridized carbons (Fsp3) is 0.967. The fourth-order valence-corrected chi connectivity index (χ4v) is 5.19. The van der Waals surface area contributed by atoms with Gasteiger partial charge in [0.2, 0.25) is 0 Å². The molecule has 0 aromatic heterocycles. The average molecular weight is 532 g/mol. The lowest BCUT2D eigenvalue weighted by Gasteiger charge is -2.04. The fourth-order valence-electron chi connectivity index (χ4n) is 4.79. The minimum atomic E-state index is -0.649. The second kappa shape index (κ2) is 30.0. The molecule has 1 N–H and O–H groups in total. The van der Waals surface area contributed by atoms with Gasteiger partial charge in [0, 0.05) is 11.8 Å². The zero-order valence-electron chi connectivity index (χ0n) is 22.2. The van der Waals surface area contributed by atoms with Crippen molar-refractivity contribution >= 4 is 21.9 Å². The maximum Gasteiger partial charge on any atom is 0.303 e. The molecule has 0 heterocycles. The Morgan fingerprint density at radius 3 is 0.727 bits per heavy atom. The first-order chi connectivity index (χ1) is 16.3. The van der Waals surface area contributed by atoms with Gasteiger partial charge in [-0.2, -0.15) is 0 Å². The summed E-state index contributed by atoms with van der Waals surface area (Å²) in [5, 5.41) is 9.79. The van der Waals surface area contributed by atoms with Crippen LogP contribution in [-0.2, 0) is 4.79 Å². The van der Waals surface area contributed by atoms with Gasteiger partial charge in [0.05, 0.1) is 0 Å². The zero-order chi connectivity index (χ0) is 24.1. The van der Waals surface area contributed by atoms with E-state index in [1.165, 1.54) is 166 Å². The summed E-state index contributed by atoms with van der Waals surface area (Å²) < 4.78 is 0. The van der Waals surface area contributed by atoms with Crippen molar-refractivity contribution in [2.45, 2.75) is 180 Å². The summed E-state index contributed by atoms with van der Waals surface area (Å²) in [6, 6.07) is 0. The van der Waals surface area contributed by atoms with Crippen LogP contribution in [0.1, 0.15) is 180 Å². The molecule has 0 aromatic rings. The number of hydrogen-bond donors (Lipinski definition) is 1. The maximum absolute atomic E-state index is 10.4. The summed E-state index contributed by atoms with van der Waals surface area (Å²) in [5.74, 6) is -0.649. The molecular formula is C30H59BrO2. The SMILES string of the molecule is O=C(O)CCCCCCCCCCCCCCCCCCCCCCCCCCCCCBr. The van der Waals surface area contributed by atoms with Crippen LogP contribution in [0.15, 0.2) is 0 Å². The van der Waals surface area contributed by atoms with Crippen molar-refractivity contribution in [1.29, 1.82) is 0 Å². The van der Waals surface area contributed by atoms with Gasteiger partial charge in [0.1, 0.15) is 0 Å². The van der Waals surface area contributed by atoms with Gasteiger partial charge in [-0.25, -0.2) is 0 Å². The maximum atomic E-state index is 10.4. The predicted octanol–water partition coefficient (Wildman–Crippen LogP) is 11.4. The van der Waals surface area contributed by atoms with Crippen molar-refractivity contribution in [2.75, 3.05) is 5.33 Å². The summed E-state index contributed by atoms with van der Waals surface area (Å²) in [6.45, 7) is 0. The van der Waals surface area contributed by atoms with Gasteiger partial charge in [-0.05, 0) is 12.8 Å². The molecule has 0 aromatic carbocycles. The van der Waals surface area contributed by atoms with Crippen LogP contribution in [0.4, 0.5) is 0 Å². The molecule has 0 aliphatic rings. The molecule has 0 spiro atoms. The second-order valence-electron chi connectivity index (χ2n) is 10.4. The van der Waals surface area contributed by atoms with Crippen LogP contribution in [0.25, 0.3) is 0 Å². The number of aliphatic carboxylic acids is 1. The Morgan fingerprint density at radius 2 is 0.545 bits per heavy atom. The van der Waals surface area contributed by atoms with Crippen LogP contribution in [0.2, 0.25) is 0 Å². The van der Waals surface area contributed by atoms with Crippen molar-refractivity contribution < 1.29 is 9.90 Å². The van der Waals surface area contributed by atoms with Crippen LogP contribution in [0.5, 0.6) is 0 Å². The largest absolute Gasteiger partial charge is 0.481 e. The molecule has 0 unspecified atom stereocenters. The normalized spacial score (nSPS) is 11.3. The minimum absolute atomic E-state index is 0.346. The van der Waals surface area contributed by atoms with E-state index < -0.39 is 5.97 Å². The van der Waals surface area contributed by atoms with Gasteiger partial charge in [-0.1, -0.05) is 176 Å². The summed E-state index contributed by atoms with van der Waals surface area (Å²) >= 11 is 3.51. The summed E-state index contributed by atoms with van der Waals surface area (Å²) in [4.78, 5) is 10.4. The van der Waals surface area contributed by atoms with E-state index in [1.54, 1.807) is 0 Å². The molecule has 0 saturated carbocycles. The van der Waals surface area contributed by atoms with E-state index in [9.17, 15) is 4.79 Å². The van der Waals surface area contributed by atoms with Gasteiger partial charge >= 0.3 is 5.97 Å². The third kappa shape index (κ3) is 32.0. The summed E-state index contributed by atoms with van der Waals surface area (Å²) in [6.07, 6.45) is 37.8. The van der Waals surface area contributed by atoms with Gasteiger partial charge in [-0.15, -0.1) is 0 Å². The van der Waals surface area contributed by atoms with E-state index in [0.29, 0.717) is 6.42 Å². The number of rotatable bonds is 29. The number of carboxylic acids is 1. The van der Waals surface area contributed by atoms with E-state index in [4.69, 9.17) is 5.11 Å². The Kier molecular flexibility index (Phi) is 29.9. The molecule has 3 heteroatoms. The molecule has 0 aliphatic carbocycles. The first-order valence-electron chi connectivity index (χ1n) is 15.0. The lowest BCUT2D eigenvalue weighted by Crippen LogP contribution is -1.93. The first kappa shape index (κ1) is 33.0. The zero-order valence-corrected chi connectivity index (χ0v) is 23.8. The highest BCUT2D eigenvalue weighted by atomic mass is 79.9. The van der Waals surface area contributed by atoms with Gasteiger partial charge < -0.3 is 5.11 Å². The molecule has 2 nitrogen and oxygen atoms in total. The van der Waals surface area contributed by atoms with Crippen LogP contribution < -0.4 is 0 Å². The molecule has 0 fully saturated rings. The Balaban J connectivity index is 3.01. The summed E-state index contributed by atoms with van der Waals surface area (Å²) in [7, 11) is 0. The highest BCUT2D eigenvalue weighted by Crippen LogP contribution is 2.16. The molecule has 0 saturated heterocycles. The molecular weight excluding hydrogens is 472 g/mol. The number of hydrogen-bond acceptors (Lipinski definition) is 1. The molecule has 0 amide bonds. The predicted molar refractivity (Wildman–Crippen MR) is 151 cm³/mol. The summed E-state index contributed by atoms with van der Waals surface area (Å²) in [5.41, 5.74) is 0. The third-order valence-corrected chi connectivity index (χ3v) is 7.59. The van der Waals surface area contributed by atoms with E-state index in [2.05, 4.69) is 15.9 Å². The van der Waals surface area contributed by atoms with Crippen molar-refractivity contribution in [3.05, 3.63) is 0 Å². The monoisotopic (exact) mass is 530 g/mol. The molecule has 0 rings (SSSR count). The van der Waals surface area contributed by atoms with Crippen molar-refractivity contribution in [1.82, 2.24) is 0 Å². The Hall–Kier alpha value is -0.0500. The van der Waals surface area contributed by atoms with E-state index in [1.807, 2.05) is 0 Å². The Bertz CT molecular complexity index is 372. The van der Waals surface area contributed by atoms with Crippen LogP contribution in [0.3, 0.4) is 0 Å². The quantitative estimate of drug-likeness (QED) is 0.0770. The number of alkyl halides is 1. The first-order valence-corrected chi connectivity index (χ1v) is 16.2. The standard InChI is InChI=1S/C30H59BrO2/c31-29-27-25-23-21-19-17-15-13-11-9-7-5-3-1-2-4-6-8-10-12-14-16-18-20-22-24-26-28-30(32)33/h1-29H2,(H,32,33). The Morgan fingerprint density at radius 1 is 0.364 bits per heavy atom. The second-order valence-corrected chi connectivity index (χ2v) is 11.2. The highest BCUT2D eigenvalue weighted by molar-refractivity contribution is 9.09. The van der Waals surface area contributed by atoms with Crippen LogP contribution in [-0.4, -0.2) is 16.4 Å². The van der Waals surface area contributed by atoms with Crippen molar-refractivity contribution in [3.63, 3.8) is 0 Å². The van der Waals surface area contributed by atoms with E-state index in [-0.39, 0.29) is 0 Å². The van der Waals surface area contributed by atoms with Crippen molar-refractivity contribution in [3.8, 4) is 0 Å². The number of unbranched alkanes of at least 4 members (excludes halogenated alkanes) is 26. The smallest absolute Gasteiger partial charge is 0.303 e. The minimum Gasteiger partial charge on any atom is -0.481 e. The lowest BCUT2D eigenvalue weighted by atomic mass is 10.0. The Labute approximate surface area is 216 Å². The van der Waals surface area contributed by atoms with E-state index >= 15 is 0 Å². The third-order valence-electron chi connectivity index (χ3n) is 7.02. The van der Waals surface area contributed by atoms with Crippen LogP contribution in [0, 0.1) is 0 Å². The average Bonchev–Trinajstić information content (AvgIpc) is 2.80. The molecule has 0 atom stereocenters. The van der Waals surface area contributed by atoms with Crippen LogP contribution >= 0.6 is 15.9 Å². The number of carbonyl (C=O) groups is 1. The molecule has 0 bridgehead atoms. The van der Waals surface area contributed by atoms with Crippen molar-refractivity contribution in [2.24, 2.45) is 0 Å². The lowest BCUT2D eigenvalue weighted by molar-refractivity contribution is -0.137. The van der Waals surface area contributed by atoms with Gasteiger partial charge in [-0.3, -0.25) is 4.79 Å². The molecule has 0 radical (unpaired) electrons. The molecule has 0 aliphatic heterocycles. The van der Waals surface area contributed by atoms with Gasteiger partial charge in [0.15, 0.2) is 0 Å². The number of halogens is 1. The highest BCUT2D eigenvalue weighted by Gasteiger charge is 1.98. The molecule has 33 heavy (non-hydrogen) atoms.